The van der Waals surface area contributed by atoms with E-state index < -0.39 is 12.0 Å². The van der Waals surface area contributed by atoms with Crippen molar-refractivity contribution < 1.29 is 19.0 Å². The number of ether oxygens (including phenoxy) is 3. The van der Waals surface area contributed by atoms with Crippen molar-refractivity contribution in [1.29, 1.82) is 0 Å². The van der Waals surface area contributed by atoms with Crippen LogP contribution in [0.15, 0.2) is 87.8 Å². The van der Waals surface area contributed by atoms with Gasteiger partial charge in [-0.25, -0.2) is 9.79 Å². The number of aromatic nitrogens is 1. The van der Waals surface area contributed by atoms with Gasteiger partial charge in [0.05, 0.1) is 32.1 Å². The van der Waals surface area contributed by atoms with Gasteiger partial charge in [0, 0.05) is 10.6 Å². The highest BCUT2D eigenvalue weighted by Crippen LogP contribution is 2.36. The zero-order valence-electron chi connectivity index (χ0n) is 24.1. The van der Waals surface area contributed by atoms with Crippen LogP contribution in [0.25, 0.3) is 6.08 Å². The first-order chi connectivity index (χ1) is 20.7. The average molecular weight is 729 g/mol. The average Bonchev–Trinajstić information content (AvgIpc) is 3.26. The van der Waals surface area contributed by atoms with Crippen LogP contribution in [0.3, 0.4) is 0 Å². The maximum absolute atomic E-state index is 14.0. The van der Waals surface area contributed by atoms with Crippen molar-refractivity contribution in [3.8, 4) is 11.5 Å². The zero-order chi connectivity index (χ0) is 30.7. The standard InChI is InChI=1S/C33H30ClIN2O5S/c1-5-40-32(39)29-20(4)36-33-37(30(29)24-8-6-7-9-26(24)42-19(2)3)31(38)28(43-33)17-22-12-15-27(25(35)16-22)41-18-21-10-13-23(34)14-11-21/h6-17,19,30H,5,18H2,1-4H3/b28-17+/t30-/m0/s1. The number of hydrogen-bond acceptors (Lipinski definition) is 7. The number of benzene rings is 3. The van der Waals surface area contributed by atoms with Gasteiger partial charge in [0.1, 0.15) is 24.1 Å². The number of rotatable bonds is 9. The Kier molecular flexibility index (Phi) is 9.73. The zero-order valence-corrected chi connectivity index (χ0v) is 27.8. The van der Waals surface area contributed by atoms with E-state index in [1.165, 1.54) is 11.3 Å². The molecule has 0 N–H and O–H groups in total. The van der Waals surface area contributed by atoms with Crippen molar-refractivity contribution >= 4 is 57.6 Å². The van der Waals surface area contributed by atoms with Gasteiger partial charge >= 0.3 is 5.97 Å². The summed E-state index contributed by atoms with van der Waals surface area (Å²) in [6.45, 7) is 8.01. The van der Waals surface area contributed by atoms with Crippen molar-refractivity contribution in [3.05, 3.63) is 123 Å². The molecule has 1 aliphatic rings. The fraction of sp³-hybridized carbons (Fsp3) is 0.242. The Morgan fingerprint density at radius 2 is 1.86 bits per heavy atom. The topological polar surface area (TPSA) is 79.1 Å². The Bertz CT molecular complexity index is 1880. The first-order valence-electron chi connectivity index (χ1n) is 13.8. The lowest BCUT2D eigenvalue weighted by Gasteiger charge is -2.26. The van der Waals surface area contributed by atoms with Crippen molar-refractivity contribution in [2.75, 3.05) is 6.61 Å². The van der Waals surface area contributed by atoms with E-state index in [1.807, 2.05) is 86.7 Å². The number of para-hydroxylation sites is 1. The van der Waals surface area contributed by atoms with E-state index in [1.54, 1.807) is 18.4 Å². The van der Waals surface area contributed by atoms with E-state index in [0.29, 0.717) is 43.5 Å². The maximum Gasteiger partial charge on any atom is 0.338 e. The summed E-state index contributed by atoms with van der Waals surface area (Å²) < 4.78 is 20.5. The van der Waals surface area contributed by atoms with Crippen LogP contribution in [0.4, 0.5) is 0 Å². The third-order valence-electron chi connectivity index (χ3n) is 6.65. The first-order valence-corrected chi connectivity index (χ1v) is 16.1. The molecule has 4 aromatic rings. The lowest BCUT2D eigenvalue weighted by molar-refractivity contribution is -0.139. The van der Waals surface area contributed by atoms with E-state index in [4.69, 9.17) is 25.8 Å². The fourth-order valence-corrected chi connectivity index (χ4v) is 6.64. The number of nitrogens with zero attached hydrogens (tertiary/aromatic N) is 2. The molecule has 0 spiro atoms. The third-order valence-corrected chi connectivity index (χ3v) is 8.73. The summed E-state index contributed by atoms with van der Waals surface area (Å²) >= 11 is 9.50. The molecule has 0 saturated carbocycles. The van der Waals surface area contributed by atoms with Gasteiger partial charge in [0.2, 0.25) is 0 Å². The Morgan fingerprint density at radius 3 is 2.56 bits per heavy atom. The Balaban J connectivity index is 1.55. The predicted molar refractivity (Wildman–Crippen MR) is 178 cm³/mol. The SMILES string of the molecule is CCOC(=O)C1=C(C)N=c2s/c(=C/c3ccc(OCc4ccc(Cl)cc4)c(I)c3)c(=O)n2[C@H]1c1ccccc1OC(C)C. The van der Waals surface area contributed by atoms with Crippen molar-refractivity contribution in [1.82, 2.24) is 4.57 Å². The van der Waals surface area contributed by atoms with Crippen molar-refractivity contribution in [2.24, 2.45) is 4.99 Å². The molecule has 222 valence electrons. The lowest BCUT2D eigenvalue weighted by atomic mass is 9.95. The number of carbonyl (C=O) groups is 1. The van der Waals surface area contributed by atoms with Crippen LogP contribution >= 0.6 is 45.5 Å². The molecule has 0 aliphatic carbocycles. The number of thiazole rings is 1. The van der Waals surface area contributed by atoms with Gasteiger partial charge in [-0.1, -0.05) is 59.3 Å². The monoisotopic (exact) mass is 728 g/mol. The molecule has 3 aromatic carbocycles. The third kappa shape index (κ3) is 6.89. The van der Waals surface area contributed by atoms with E-state index in [2.05, 4.69) is 27.6 Å². The normalized spacial score (nSPS) is 14.9. The molecule has 0 unspecified atom stereocenters. The Hall–Kier alpha value is -3.41. The highest BCUT2D eigenvalue weighted by molar-refractivity contribution is 14.1. The van der Waals surface area contributed by atoms with E-state index in [-0.39, 0.29) is 18.3 Å². The molecule has 1 atom stereocenters. The first kappa shape index (κ1) is 31.0. The fourth-order valence-electron chi connectivity index (χ4n) is 4.77. The predicted octanol–water partition coefficient (Wildman–Crippen LogP) is 6.42. The largest absolute Gasteiger partial charge is 0.491 e. The number of carbonyl (C=O) groups excluding carboxylic acids is 1. The van der Waals surface area contributed by atoms with Crippen LogP contribution in [0.2, 0.25) is 5.02 Å². The molecule has 2 heterocycles. The smallest absolute Gasteiger partial charge is 0.338 e. The van der Waals surface area contributed by atoms with Gasteiger partial charge in [-0.3, -0.25) is 9.36 Å². The molecule has 10 heteroatoms. The van der Waals surface area contributed by atoms with E-state index in [0.717, 1.165) is 20.4 Å². The minimum absolute atomic E-state index is 0.103. The van der Waals surface area contributed by atoms with Gasteiger partial charge in [0.15, 0.2) is 4.80 Å². The molecule has 7 nitrogen and oxygen atoms in total. The van der Waals surface area contributed by atoms with Crippen molar-refractivity contribution in [2.45, 2.75) is 46.4 Å². The van der Waals surface area contributed by atoms with Gasteiger partial charge in [0.25, 0.3) is 5.56 Å². The lowest BCUT2D eigenvalue weighted by Crippen LogP contribution is -2.40. The van der Waals surface area contributed by atoms with Crippen LogP contribution in [-0.2, 0) is 16.1 Å². The molecule has 0 saturated heterocycles. The number of fused-ring (bicyclic) bond motifs is 1. The number of allylic oxidation sites excluding steroid dienone is 1. The maximum atomic E-state index is 14.0. The van der Waals surface area contributed by atoms with Gasteiger partial charge < -0.3 is 14.2 Å². The Labute approximate surface area is 272 Å². The van der Waals surface area contributed by atoms with Crippen LogP contribution in [-0.4, -0.2) is 23.2 Å². The molecule has 0 bridgehead atoms. The number of halogens is 2. The number of esters is 1. The molecule has 0 fully saturated rings. The van der Waals surface area contributed by atoms with Crippen LogP contribution < -0.4 is 24.4 Å². The highest BCUT2D eigenvalue weighted by Gasteiger charge is 2.35. The quantitative estimate of drug-likeness (QED) is 0.147. The summed E-state index contributed by atoms with van der Waals surface area (Å²) in [6.07, 6.45) is 1.74. The highest BCUT2D eigenvalue weighted by atomic mass is 127. The summed E-state index contributed by atoms with van der Waals surface area (Å²) in [5.74, 6) is 0.828. The van der Waals surface area contributed by atoms with Gasteiger partial charge in [-0.2, -0.15) is 0 Å². The van der Waals surface area contributed by atoms with E-state index >= 15 is 0 Å². The van der Waals surface area contributed by atoms with Crippen LogP contribution in [0.5, 0.6) is 11.5 Å². The molecule has 1 aliphatic heterocycles. The summed E-state index contributed by atoms with van der Waals surface area (Å²) in [5.41, 5.74) is 3.12. The molecule has 1 aromatic heterocycles. The van der Waals surface area contributed by atoms with Crippen LogP contribution in [0, 0.1) is 3.57 Å². The minimum Gasteiger partial charge on any atom is -0.491 e. The summed E-state index contributed by atoms with van der Waals surface area (Å²) in [4.78, 5) is 32.5. The second kappa shape index (κ2) is 13.5. The van der Waals surface area contributed by atoms with Gasteiger partial charge in [-0.05, 0) is 97.8 Å². The molecule has 0 radical (unpaired) electrons. The molecule has 0 amide bonds. The molecule has 43 heavy (non-hydrogen) atoms. The second-order valence-corrected chi connectivity index (χ2v) is 12.7. The molecule has 5 rings (SSSR count). The van der Waals surface area contributed by atoms with Crippen molar-refractivity contribution in [3.63, 3.8) is 0 Å². The summed E-state index contributed by atoms with van der Waals surface area (Å²) in [6, 6.07) is 20.0. The van der Waals surface area contributed by atoms with Gasteiger partial charge in [-0.15, -0.1) is 0 Å². The second-order valence-electron chi connectivity index (χ2n) is 10.1. The molecular formula is C33H30ClIN2O5S. The van der Waals surface area contributed by atoms with E-state index in [9.17, 15) is 9.59 Å². The number of hydrogen-bond donors (Lipinski definition) is 0. The van der Waals surface area contributed by atoms with Crippen LogP contribution in [0.1, 0.15) is 50.4 Å². The Morgan fingerprint density at radius 1 is 1.12 bits per heavy atom. The summed E-state index contributed by atoms with van der Waals surface area (Å²) in [7, 11) is 0. The summed E-state index contributed by atoms with van der Waals surface area (Å²) in [5, 5.41) is 0.680. The minimum atomic E-state index is -0.754. The molecular weight excluding hydrogens is 699 g/mol.